The molecule has 1 N–H and O–H groups in total. The Labute approximate surface area is 115 Å². The molecule has 1 aliphatic rings. The molecule has 0 spiro atoms. The van der Waals surface area contributed by atoms with Crippen molar-refractivity contribution in [2.45, 2.75) is 40.2 Å². The van der Waals surface area contributed by atoms with E-state index in [9.17, 15) is 0 Å². The first kappa shape index (κ1) is 12.3. The number of anilines is 1. The van der Waals surface area contributed by atoms with Crippen molar-refractivity contribution in [1.82, 2.24) is 0 Å². The molecule has 0 aromatic heterocycles. The van der Waals surface area contributed by atoms with Crippen molar-refractivity contribution in [3.05, 3.63) is 63.7 Å². The molecular weight excluding hydrogens is 230 g/mol. The predicted octanol–water partition coefficient (Wildman–Crippen LogP) is 4.63. The fourth-order valence-electron chi connectivity index (χ4n) is 3.27. The molecule has 19 heavy (non-hydrogen) atoms. The van der Waals surface area contributed by atoms with Gasteiger partial charge in [0.15, 0.2) is 0 Å². The van der Waals surface area contributed by atoms with E-state index in [4.69, 9.17) is 0 Å². The third-order valence-corrected chi connectivity index (χ3v) is 4.10. The van der Waals surface area contributed by atoms with Gasteiger partial charge in [0.05, 0.1) is 6.04 Å². The minimum absolute atomic E-state index is 0.427. The third-order valence-electron chi connectivity index (χ3n) is 4.10. The van der Waals surface area contributed by atoms with Gasteiger partial charge in [0.2, 0.25) is 0 Å². The van der Waals surface area contributed by atoms with Crippen LogP contribution in [0, 0.1) is 27.7 Å². The van der Waals surface area contributed by atoms with Crippen LogP contribution in [0.5, 0.6) is 0 Å². The van der Waals surface area contributed by atoms with E-state index in [1.54, 1.807) is 0 Å². The van der Waals surface area contributed by atoms with Crippen LogP contribution < -0.4 is 5.32 Å². The van der Waals surface area contributed by atoms with Gasteiger partial charge >= 0.3 is 0 Å². The Morgan fingerprint density at radius 3 is 2.37 bits per heavy atom. The van der Waals surface area contributed by atoms with Crippen LogP contribution >= 0.6 is 0 Å². The van der Waals surface area contributed by atoms with Crippen LogP contribution in [0.3, 0.4) is 0 Å². The van der Waals surface area contributed by atoms with Crippen LogP contribution in [-0.4, -0.2) is 0 Å². The van der Waals surface area contributed by atoms with Crippen molar-refractivity contribution < 1.29 is 0 Å². The third kappa shape index (κ3) is 2.14. The van der Waals surface area contributed by atoms with Crippen LogP contribution in [0.15, 0.2) is 30.3 Å². The Morgan fingerprint density at radius 2 is 1.63 bits per heavy atom. The van der Waals surface area contributed by atoms with Crippen molar-refractivity contribution in [2.24, 2.45) is 0 Å². The lowest BCUT2D eigenvalue weighted by atomic mass is 9.96. The molecule has 1 atom stereocenters. The molecule has 0 bridgehead atoms. The van der Waals surface area contributed by atoms with Crippen molar-refractivity contribution in [3.8, 4) is 0 Å². The summed E-state index contributed by atoms with van der Waals surface area (Å²) in [6.07, 6.45) is 1.10. The van der Waals surface area contributed by atoms with E-state index in [1.165, 1.54) is 39.1 Å². The Balaban J connectivity index is 1.97. The fraction of sp³-hybridized carbons (Fsp3) is 0.333. The highest BCUT2D eigenvalue weighted by molar-refractivity contribution is 5.64. The highest BCUT2D eigenvalue weighted by atomic mass is 15.0. The van der Waals surface area contributed by atoms with Crippen LogP contribution in [0.4, 0.5) is 5.69 Å². The first-order valence-electron chi connectivity index (χ1n) is 6.98. The molecule has 1 nitrogen and oxygen atoms in total. The molecule has 1 unspecified atom stereocenters. The normalized spacial score (nSPS) is 17.2. The molecule has 0 aliphatic carbocycles. The molecule has 1 heteroatoms. The van der Waals surface area contributed by atoms with E-state index < -0.39 is 0 Å². The second kappa shape index (κ2) is 4.41. The maximum atomic E-state index is 3.71. The summed E-state index contributed by atoms with van der Waals surface area (Å²) in [4.78, 5) is 0. The van der Waals surface area contributed by atoms with Gasteiger partial charge in [0, 0.05) is 5.69 Å². The maximum absolute atomic E-state index is 3.71. The van der Waals surface area contributed by atoms with Gasteiger partial charge in [-0.3, -0.25) is 0 Å². The molecule has 0 amide bonds. The Morgan fingerprint density at radius 1 is 0.895 bits per heavy atom. The van der Waals surface area contributed by atoms with E-state index in [1.807, 2.05) is 0 Å². The summed E-state index contributed by atoms with van der Waals surface area (Å²) >= 11 is 0. The molecule has 0 radical (unpaired) electrons. The molecule has 0 saturated carbocycles. The number of hydrogen-bond donors (Lipinski definition) is 1. The summed E-state index contributed by atoms with van der Waals surface area (Å²) in [7, 11) is 0. The first-order chi connectivity index (χ1) is 9.04. The van der Waals surface area contributed by atoms with Gasteiger partial charge < -0.3 is 5.32 Å². The number of benzene rings is 2. The van der Waals surface area contributed by atoms with Crippen LogP contribution in [-0.2, 0) is 6.42 Å². The molecule has 98 valence electrons. The summed E-state index contributed by atoms with van der Waals surface area (Å²) in [5.41, 5.74) is 9.68. The number of hydrogen-bond acceptors (Lipinski definition) is 1. The Bertz CT molecular complexity index is 640. The van der Waals surface area contributed by atoms with Gasteiger partial charge in [-0.1, -0.05) is 41.5 Å². The fourth-order valence-corrected chi connectivity index (χ4v) is 3.27. The zero-order chi connectivity index (χ0) is 13.6. The predicted molar refractivity (Wildman–Crippen MR) is 81.9 cm³/mol. The van der Waals surface area contributed by atoms with Crippen LogP contribution in [0.2, 0.25) is 0 Å². The smallest absolute Gasteiger partial charge is 0.0557 e. The Kier molecular flexibility index (Phi) is 2.85. The molecular formula is C18H21N. The van der Waals surface area contributed by atoms with Gasteiger partial charge in [0.1, 0.15) is 0 Å². The highest BCUT2D eigenvalue weighted by Crippen LogP contribution is 2.38. The number of fused-ring (bicyclic) bond motifs is 1. The molecule has 3 rings (SSSR count). The molecule has 1 aliphatic heterocycles. The van der Waals surface area contributed by atoms with E-state index in [0.717, 1.165) is 6.42 Å². The number of rotatable bonds is 1. The molecule has 0 saturated heterocycles. The van der Waals surface area contributed by atoms with Crippen LogP contribution in [0.25, 0.3) is 0 Å². The minimum atomic E-state index is 0.427. The topological polar surface area (TPSA) is 12.0 Å². The van der Waals surface area contributed by atoms with E-state index in [-0.39, 0.29) is 0 Å². The second-order valence-electron chi connectivity index (χ2n) is 5.88. The molecule has 2 aromatic carbocycles. The SMILES string of the molecule is Cc1ccc(C2Cc3cc(C)cc(C)c3N2)c(C)c1. The molecule has 1 heterocycles. The van der Waals surface area contributed by atoms with Gasteiger partial charge in [-0.15, -0.1) is 0 Å². The first-order valence-corrected chi connectivity index (χ1v) is 6.98. The lowest BCUT2D eigenvalue weighted by molar-refractivity contribution is 0.815. The lowest BCUT2D eigenvalue weighted by Gasteiger charge is -2.15. The highest BCUT2D eigenvalue weighted by Gasteiger charge is 2.24. The van der Waals surface area contributed by atoms with Gasteiger partial charge in [0.25, 0.3) is 0 Å². The van der Waals surface area contributed by atoms with Crippen molar-refractivity contribution >= 4 is 5.69 Å². The molecule has 2 aromatic rings. The van der Waals surface area contributed by atoms with Crippen molar-refractivity contribution in [3.63, 3.8) is 0 Å². The minimum Gasteiger partial charge on any atom is -0.377 e. The summed E-state index contributed by atoms with van der Waals surface area (Å²) in [5, 5.41) is 3.71. The zero-order valence-corrected chi connectivity index (χ0v) is 12.2. The monoisotopic (exact) mass is 251 g/mol. The zero-order valence-electron chi connectivity index (χ0n) is 12.2. The van der Waals surface area contributed by atoms with E-state index in [2.05, 4.69) is 63.3 Å². The summed E-state index contributed by atoms with van der Waals surface area (Å²) in [6.45, 7) is 8.74. The molecule has 0 fully saturated rings. The number of aryl methyl sites for hydroxylation is 4. The lowest BCUT2D eigenvalue weighted by Crippen LogP contribution is -2.07. The summed E-state index contributed by atoms with van der Waals surface area (Å²) in [6, 6.07) is 11.8. The average molecular weight is 251 g/mol. The van der Waals surface area contributed by atoms with Crippen molar-refractivity contribution in [1.29, 1.82) is 0 Å². The summed E-state index contributed by atoms with van der Waals surface area (Å²) in [5.74, 6) is 0. The maximum Gasteiger partial charge on any atom is 0.0557 e. The van der Waals surface area contributed by atoms with Crippen LogP contribution in [0.1, 0.15) is 39.4 Å². The second-order valence-corrected chi connectivity index (χ2v) is 5.88. The average Bonchev–Trinajstić information content (AvgIpc) is 2.72. The van der Waals surface area contributed by atoms with Crippen molar-refractivity contribution in [2.75, 3.05) is 5.32 Å². The van der Waals surface area contributed by atoms with E-state index in [0.29, 0.717) is 6.04 Å². The number of nitrogens with one attached hydrogen (secondary N) is 1. The van der Waals surface area contributed by atoms with Gasteiger partial charge in [-0.2, -0.15) is 0 Å². The van der Waals surface area contributed by atoms with E-state index >= 15 is 0 Å². The Hall–Kier alpha value is -1.76. The largest absolute Gasteiger partial charge is 0.377 e. The summed E-state index contributed by atoms with van der Waals surface area (Å²) < 4.78 is 0. The quantitative estimate of drug-likeness (QED) is 0.779. The van der Waals surface area contributed by atoms with Gasteiger partial charge in [-0.05, 0) is 56.4 Å². The van der Waals surface area contributed by atoms with Gasteiger partial charge in [-0.25, -0.2) is 0 Å². The standard InChI is InChI=1S/C18H21N/c1-11-5-6-16(13(3)7-11)17-10-15-9-12(2)8-14(4)18(15)19-17/h5-9,17,19H,10H2,1-4H3.